The van der Waals surface area contributed by atoms with E-state index in [-0.39, 0.29) is 41.7 Å². The second kappa shape index (κ2) is 19.3. The van der Waals surface area contributed by atoms with Gasteiger partial charge in [0.15, 0.2) is 34.3 Å². The number of fused-ring (bicyclic) bond motifs is 6. The van der Waals surface area contributed by atoms with Crippen molar-refractivity contribution in [3.05, 3.63) is 129 Å². The molecule has 3 aromatic carbocycles. The number of hydrogen-bond acceptors (Lipinski definition) is 17. The van der Waals surface area contributed by atoms with Gasteiger partial charge in [-0.05, 0) is 131 Å². The third-order valence-electron chi connectivity index (χ3n) is 19.4. The molecule has 11 aliphatic rings. The smallest absolute Gasteiger partial charge is 0.343 e. The van der Waals surface area contributed by atoms with Crippen molar-refractivity contribution in [2.75, 3.05) is 26.8 Å². The lowest BCUT2D eigenvalue weighted by atomic mass is 9.39. The Morgan fingerprint density at radius 3 is 2.35 bits per heavy atom. The number of esters is 2. The van der Waals surface area contributed by atoms with Gasteiger partial charge in [-0.15, -0.1) is 0 Å². The minimum absolute atomic E-state index is 0.0237. The van der Waals surface area contributed by atoms with E-state index in [0.717, 1.165) is 23.3 Å². The lowest BCUT2D eigenvalue weighted by molar-refractivity contribution is -0.373. The van der Waals surface area contributed by atoms with Crippen LogP contribution >= 0.6 is 0 Å². The first-order valence-electron chi connectivity index (χ1n) is 29.2. The number of benzene rings is 3. The monoisotopic (exact) mass is 1130 g/mol. The van der Waals surface area contributed by atoms with Crippen LogP contribution in [0, 0.1) is 23.7 Å². The SMILES string of the molecule is COC(=O)C(C)=CCC12OC(C)(C)[C@H]3C[C@H](C1=O)C1C4=C(c5ccccc5C4=O)N4CCNC45c4c(OC(=O)c6ccc(O[C@@H]7O[C@@H]8COC(C)(C)O[C@H]8[C@H](O)[C@H]7O)cc6)c6c(c(CC=C(C)C)c4OC32C15)OC(C)(CCC=C(C)C)C=C6. The number of carbonyl (C=O) groups excluding carboxylic acids is 4. The topological polar surface area (TPSA) is 207 Å². The summed E-state index contributed by atoms with van der Waals surface area (Å²) in [5.41, 5.74) is 0.724. The molecular weight excluding hydrogens is 1060 g/mol. The van der Waals surface area contributed by atoms with Crippen LogP contribution in [0.2, 0.25) is 0 Å². The van der Waals surface area contributed by atoms with Gasteiger partial charge in [-0.25, -0.2) is 9.59 Å². The zero-order valence-corrected chi connectivity index (χ0v) is 49.0. The zero-order valence-electron chi connectivity index (χ0n) is 49.0. The molecule has 4 bridgehead atoms. The van der Waals surface area contributed by atoms with E-state index < -0.39 is 100 Å². The number of rotatable bonds is 12. The van der Waals surface area contributed by atoms with E-state index in [9.17, 15) is 15.0 Å². The van der Waals surface area contributed by atoms with Gasteiger partial charge in [-0.3, -0.25) is 14.9 Å². The summed E-state index contributed by atoms with van der Waals surface area (Å²) in [7, 11) is 1.33. The molecule has 17 nitrogen and oxygen atoms in total. The van der Waals surface area contributed by atoms with E-state index >= 15 is 14.4 Å². The molecule has 6 unspecified atom stereocenters. The number of aliphatic hydroxyl groups is 2. The standard InChI is InChI=1S/C66H74N2O15/c1-33(2)15-14-26-63(10)27-25-41-52(81-63)40(23-18-34(3)4)54-47(53(41)79-59(74)36-19-21-37(22-20-36)77-60-51(71)50(70)55-43(78-60)32-76-62(8,9)80-55)66-56-45(46-48(68(66)30-29-67-66)38-16-12-13-17-39(38)49(46)69)42-31-44-61(6,7)83-64(57(42)72,65(44,56)82-54)28-24-35(5)58(73)75-11/h12-13,15-22,24-25,27,42-45,50-51,55-56,60,67,70-71H,14,23,26,28-32H2,1-11H3/t42-,43+,44+,45?,50+,51+,55+,56?,60+,63?,64?,65?,66?/m0/s1. The largest absolute Gasteiger partial charge is 0.482 e. The highest BCUT2D eigenvalue weighted by Crippen LogP contribution is 2.78. The molecule has 3 saturated carbocycles. The number of ketones is 2. The van der Waals surface area contributed by atoms with Crippen molar-refractivity contribution < 1.29 is 72.0 Å². The normalized spacial score (nSPS) is 34.9. The molecule has 3 aromatic rings. The fourth-order valence-electron chi connectivity index (χ4n) is 15.9. The molecule has 83 heavy (non-hydrogen) atoms. The van der Waals surface area contributed by atoms with E-state index in [0.29, 0.717) is 77.3 Å². The predicted molar refractivity (Wildman–Crippen MR) is 303 cm³/mol. The summed E-state index contributed by atoms with van der Waals surface area (Å²) in [6.07, 6.45) is 6.43. The molecule has 0 aromatic heterocycles. The Hall–Kier alpha value is -6.44. The van der Waals surface area contributed by atoms with Crippen LogP contribution in [0.15, 0.2) is 95.1 Å². The van der Waals surface area contributed by atoms with Gasteiger partial charge in [0.25, 0.3) is 0 Å². The van der Waals surface area contributed by atoms with Crippen LogP contribution < -0.4 is 24.3 Å². The third-order valence-corrected chi connectivity index (χ3v) is 19.4. The lowest BCUT2D eigenvalue weighted by Gasteiger charge is -2.70. The number of aliphatic hydroxyl groups excluding tert-OH is 2. The molecule has 2 spiro atoms. The van der Waals surface area contributed by atoms with Gasteiger partial charge in [0, 0.05) is 65.1 Å². The minimum atomic E-state index is -1.69. The van der Waals surface area contributed by atoms with E-state index in [1.165, 1.54) is 12.7 Å². The van der Waals surface area contributed by atoms with Crippen LogP contribution in [0.25, 0.3) is 11.8 Å². The third kappa shape index (κ3) is 8.04. The molecule has 0 amide bonds. The van der Waals surface area contributed by atoms with Crippen molar-refractivity contribution in [1.82, 2.24) is 10.2 Å². The average Bonchev–Trinajstić information content (AvgIpc) is 1.84. The highest BCUT2D eigenvalue weighted by molar-refractivity contribution is 6.22. The molecule has 13 atom stereocenters. The predicted octanol–water partition coefficient (Wildman–Crippen LogP) is 8.62. The van der Waals surface area contributed by atoms with Crippen molar-refractivity contribution in [3.8, 4) is 23.0 Å². The Morgan fingerprint density at radius 2 is 1.63 bits per heavy atom. The average molecular weight is 1140 g/mol. The molecule has 17 heteroatoms. The zero-order chi connectivity index (χ0) is 58.7. The lowest BCUT2D eigenvalue weighted by Crippen LogP contribution is -2.84. The highest BCUT2D eigenvalue weighted by Gasteiger charge is 2.89. The second-order valence-electron chi connectivity index (χ2n) is 25.9. The molecule has 7 aliphatic heterocycles. The maximum atomic E-state index is 16.3. The molecule has 3 N–H and O–H groups in total. The van der Waals surface area contributed by atoms with Crippen molar-refractivity contribution in [2.45, 2.75) is 166 Å². The van der Waals surface area contributed by atoms with E-state index in [2.05, 4.69) is 36.2 Å². The van der Waals surface area contributed by atoms with Crippen molar-refractivity contribution in [1.29, 1.82) is 0 Å². The van der Waals surface area contributed by atoms with Gasteiger partial charge in [0.05, 0.1) is 47.6 Å². The van der Waals surface area contributed by atoms with Crippen molar-refractivity contribution in [2.24, 2.45) is 23.7 Å². The van der Waals surface area contributed by atoms with Crippen LogP contribution in [0.3, 0.4) is 0 Å². The summed E-state index contributed by atoms with van der Waals surface area (Å²) in [4.78, 5) is 62.6. The maximum absolute atomic E-state index is 16.3. The van der Waals surface area contributed by atoms with Gasteiger partial charge in [-0.1, -0.05) is 53.6 Å². The number of hydrogen-bond donors (Lipinski definition) is 3. The van der Waals surface area contributed by atoms with Gasteiger partial charge in [0.1, 0.15) is 52.9 Å². The van der Waals surface area contributed by atoms with Gasteiger partial charge in [-0.2, -0.15) is 0 Å². The number of methoxy groups -OCH3 is 1. The van der Waals surface area contributed by atoms with Crippen LogP contribution in [-0.2, 0) is 45.4 Å². The van der Waals surface area contributed by atoms with Crippen molar-refractivity contribution in [3.63, 3.8) is 0 Å². The fraction of sp³-hybridized carbons (Fsp3) is 0.515. The first-order chi connectivity index (χ1) is 39.4. The molecular formula is C66H74N2O15. The highest BCUT2D eigenvalue weighted by atomic mass is 16.8. The Balaban J connectivity index is 1.02. The second-order valence-corrected chi connectivity index (χ2v) is 25.9. The van der Waals surface area contributed by atoms with Crippen LogP contribution in [0.4, 0.5) is 0 Å². The van der Waals surface area contributed by atoms with Crippen LogP contribution in [0.5, 0.6) is 23.0 Å². The molecule has 7 heterocycles. The molecule has 7 fully saturated rings. The number of nitrogens with one attached hydrogen (secondary N) is 1. The number of ether oxygens (including phenoxy) is 9. The molecule has 4 aliphatic carbocycles. The number of nitrogens with zero attached hydrogens (tertiary/aromatic N) is 1. The van der Waals surface area contributed by atoms with E-state index in [1.807, 2.05) is 71.0 Å². The quantitative estimate of drug-likeness (QED) is 0.0671. The molecule has 0 radical (unpaired) electrons. The first kappa shape index (κ1) is 55.7. The maximum Gasteiger partial charge on any atom is 0.343 e. The summed E-state index contributed by atoms with van der Waals surface area (Å²) in [6, 6.07) is 13.9. The summed E-state index contributed by atoms with van der Waals surface area (Å²) < 4.78 is 59.2. The molecule has 14 rings (SSSR count). The van der Waals surface area contributed by atoms with Gasteiger partial charge in [0.2, 0.25) is 6.29 Å². The van der Waals surface area contributed by atoms with Crippen LogP contribution in [-0.4, -0.2) is 124 Å². The summed E-state index contributed by atoms with van der Waals surface area (Å²) in [5, 5.41) is 26.4. The summed E-state index contributed by atoms with van der Waals surface area (Å²) in [6.45, 7) is 20.4. The fourth-order valence-corrected chi connectivity index (χ4v) is 15.9. The minimum Gasteiger partial charge on any atom is -0.482 e. The van der Waals surface area contributed by atoms with Gasteiger partial charge >= 0.3 is 11.9 Å². The molecule has 438 valence electrons. The Kier molecular flexibility index (Phi) is 13.0. The summed E-state index contributed by atoms with van der Waals surface area (Å²) >= 11 is 0. The van der Waals surface area contributed by atoms with Gasteiger partial charge < -0.3 is 57.7 Å². The number of Topliss-reactive ketones (excluding diaryl/α,β-unsaturated/α-hetero) is 2. The Morgan fingerprint density at radius 1 is 0.892 bits per heavy atom. The molecule has 4 saturated heterocycles. The van der Waals surface area contributed by atoms with E-state index in [4.69, 9.17) is 42.6 Å². The number of carbonyl (C=O) groups is 4. The van der Waals surface area contributed by atoms with Crippen LogP contribution in [0.1, 0.15) is 138 Å². The Bertz CT molecular complexity index is 3450. The summed E-state index contributed by atoms with van der Waals surface area (Å²) in [5.74, 6) is -3.83. The van der Waals surface area contributed by atoms with Crippen molar-refractivity contribution >= 4 is 35.3 Å². The Labute approximate surface area is 483 Å². The number of allylic oxidation sites excluding steroid dienone is 5. The first-order valence-corrected chi connectivity index (χ1v) is 29.2. The van der Waals surface area contributed by atoms with E-state index in [1.54, 1.807) is 51.1 Å².